The first-order chi connectivity index (χ1) is 17.5. The van der Waals surface area contributed by atoms with E-state index in [1.165, 1.54) is 13.0 Å². The van der Waals surface area contributed by atoms with Crippen LogP contribution in [0.2, 0.25) is 0 Å². The highest BCUT2D eigenvalue weighted by Crippen LogP contribution is 2.37. The first-order valence-electron chi connectivity index (χ1n) is 12.6. The molecule has 0 aliphatic carbocycles. The molecule has 0 N–H and O–H groups in total. The van der Waals surface area contributed by atoms with Crippen molar-refractivity contribution in [3.05, 3.63) is 57.5 Å². The molecule has 1 unspecified atom stereocenters. The molecule has 3 atom stereocenters. The molecule has 0 spiro atoms. The van der Waals surface area contributed by atoms with Gasteiger partial charge in [-0.3, -0.25) is 14.4 Å². The molecular weight excluding hydrogens is 481 g/mol. The van der Waals surface area contributed by atoms with Crippen molar-refractivity contribution in [1.82, 2.24) is 19.2 Å². The van der Waals surface area contributed by atoms with Gasteiger partial charge < -0.3 is 9.47 Å². The van der Waals surface area contributed by atoms with Crippen molar-refractivity contribution in [2.45, 2.75) is 71.4 Å². The van der Waals surface area contributed by atoms with Gasteiger partial charge in [-0.05, 0) is 43.9 Å². The zero-order valence-electron chi connectivity index (χ0n) is 21.9. The lowest BCUT2D eigenvalue weighted by molar-refractivity contribution is -0.138. The van der Waals surface area contributed by atoms with Gasteiger partial charge >= 0.3 is 6.18 Å². The van der Waals surface area contributed by atoms with Crippen LogP contribution in [0.3, 0.4) is 0 Å². The van der Waals surface area contributed by atoms with Crippen LogP contribution >= 0.6 is 0 Å². The smallest absolute Gasteiger partial charge is 0.364 e. The summed E-state index contributed by atoms with van der Waals surface area (Å²) >= 11 is 0. The van der Waals surface area contributed by atoms with Crippen molar-refractivity contribution in [3.8, 4) is 6.07 Å². The highest BCUT2D eigenvalue weighted by molar-refractivity contribution is 5.88. The Balaban J connectivity index is 1.69. The Hall–Kier alpha value is -3.32. The Kier molecular flexibility index (Phi) is 7.38. The molecule has 7 nitrogen and oxygen atoms in total. The molecule has 10 heteroatoms. The molecule has 1 aliphatic rings. The van der Waals surface area contributed by atoms with Gasteiger partial charge in [0.05, 0.1) is 29.0 Å². The second kappa shape index (κ2) is 10.2. The van der Waals surface area contributed by atoms with E-state index < -0.39 is 11.7 Å². The fourth-order valence-electron chi connectivity index (χ4n) is 5.52. The van der Waals surface area contributed by atoms with Gasteiger partial charge in [-0.2, -0.15) is 23.5 Å². The third kappa shape index (κ3) is 4.97. The molecule has 0 bridgehead atoms. The zero-order chi connectivity index (χ0) is 27.1. The molecule has 1 fully saturated rings. The fraction of sp³-hybridized carbons (Fsp3) is 0.519. The van der Waals surface area contributed by atoms with Gasteiger partial charge in [0.1, 0.15) is 12.1 Å². The highest BCUT2D eigenvalue weighted by atomic mass is 19.4. The van der Waals surface area contributed by atoms with Crippen molar-refractivity contribution in [3.63, 3.8) is 0 Å². The lowest BCUT2D eigenvalue weighted by Crippen LogP contribution is -2.58. The molecule has 0 radical (unpaired) electrons. The Labute approximate surface area is 214 Å². The van der Waals surface area contributed by atoms with Crippen molar-refractivity contribution in [2.24, 2.45) is 7.05 Å². The molecule has 198 valence electrons. The minimum atomic E-state index is -4.37. The number of hydrogen-bond acceptors (Lipinski definition) is 5. The molecule has 1 saturated heterocycles. The third-order valence-electron chi connectivity index (χ3n) is 7.70. The lowest BCUT2D eigenvalue weighted by atomic mass is 9.95. The van der Waals surface area contributed by atoms with Gasteiger partial charge in [0.25, 0.3) is 5.56 Å². The summed E-state index contributed by atoms with van der Waals surface area (Å²) in [5.74, 6) is 0. The fourth-order valence-corrected chi connectivity index (χ4v) is 5.52. The second-order valence-electron chi connectivity index (χ2n) is 9.87. The second-order valence-corrected chi connectivity index (χ2v) is 9.87. The number of halogens is 3. The third-order valence-corrected chi connectivity index (χ3v) is 7.70. The van der Waals surface area contributed by atoms with Crippen LogP contribution in [-0.4, -0.2) is 44.4 Å². The molecule has 3 aromatic rings. The summed E-state index contributed by atoms with van der Waals surface area (Å²) in [5.41, 5.74) is 2.47. The predicted molar refractivity (Wildman–Crippen MR) is 137 cm³/mol. The van der Waals surface area contributed by atoms with Crippen LogP contribution in [0.15, 0.2) is 35.3 Å². The van der Waals surface area contributed by atoms with Gasteiger partial charge in [-0.25, -0.2) is 0 Å². The number of rotatable bonds is 6. The average Bonchev–Trinajstić information content (AvgIpc) is 3.28. The van der Waals surface area contributed by atoms with Crippen molar-refractivity contribution >= 4 is 16.7 Å². The Morgan fingerprint density at radius 3 is 2.46 bits per heavy atom. The molecule has 37 heavy (non-hydrogen) atoms. The highest BCUT2D eigenvalue weighted by Gasteiger charge is 2.37. The minimum Gasteiger partial charge on any atom is -0.364 e. The van der Waals surface area contributed by atoms with Crippen molar-refractivity contribution < 1.29 is 13.2 Å². The number of alkyl halides is 3. The summed E-state index contributed by atoms with van der Waals surface area (Å²) in [6.45, 7) is 9.21. The normalized spacial score (nSPS) is 19.8. The van der Waals surface area contributed by atoms with E-state index in [1.807, 2.05) is 6.92 Å². The first kappa shape index (κ1) is 26.7. The number of aromatic nitrogens is 3. The molecule has 4 rings (SSSR count). The predicted octanol–water partition coefficient (Wildman–Crippen LogP) is 5.03. The van der Waals surface area contributed by atoms with Gasteiger partial charge in [-0.15, -0.1) is 0 Å². The van der Waals surface area contributed by atoms with Crippen LogP contribution in [0.5, 0.6) is 0 Å². The number of pyridine rings is 1. The number of aryl methyl sites for hydroxylation is 2. The van der Waals surface area contributed by atoms with Gasteiger partial charge in [0, 0.05) is 44.3 Å². The zero-order valence-corrected chi connectivity index (χ0v) is 21.9. The van der Waals surface area contributed by atoms with E-state index in [4.69, 9.17) is 5.26 Å². The SMILES string of the molecule is CC[C@H]1CN(C(C)c2ccc(C(F)(F)F)c(C)c2)[C@H](CC)CN1c1cc(=O)n(C)c2cn(CC#N)nc12. The molecule has 0 saturated carbocycles. The molecule has 0 amide bonds. The Bertz CT molecular complexity index is 1390. The maximum Gasteiger partial charge on any atom is 0.416 e. The molecule has 3 heterocycles. The van der Waals surface area contributed by atoms with Crippen LogP contribution in [0.25, 0.3) is 11.0 Å². The largest absolute Gasteiger partial charge is 0.416 e. The summed E-state index contributed by atoms with van der Waals surface area (Å²) in [6.07, 6.45) is -0.975. The Morgan fingerprint density at radius 1 is 1.16 bits per heavy atom. The van der Waals surface area contributed by atoms with E-state index in [0.717, 1.165) is 24.1 Å². The van der Waals surface area contributed by atoms with Crippen LogP contribution in [0.4, 0.5) is 18.9 Å². The molecule has 1 aromatic carbocycles. The quantitative estimate of drug-likeness (QED) is 0.462. The van der Waals surface area contributed by atoms with Gasteiger partial charge in [-0.1, -0.05) is 26.0 Å². The maximum absolute atomic E-state index is 13.3. The minimum absolute atomic E-state index is 0.0689. The lowest BCUT2D eigenvalue weighted by Gasteiger charge is -2.49. The van der Waals surface area contributed by atoms with E-state index in [9.17, 15) is 18.0 Å². The monoisotopic (exact) mass is 514 g/mol. The van der Waals surface area contributed by atoms with Crippen LogP contribution in [-0.2, 0) is 19.8 Å². The number of benzene rings is 1. The van der Waals surface area contributed by atoms with E-state index >= 15 is 0 Å². The standard InChI is InChI=1S/C27H33F3N6O/c1-6-20-15-36(23-13-25(37)33(5)24-16-34(11-10-31)32-26(23)24)21(7-2)14-35(20)18(4)19-8-9-22(17(3)12-19)27(28,29)30/h8-9,12-13,16,18,20-21H,6-7,11,14-15H2,1-5H3/t18?,20-,21+/m1/s1. The van der Waals surface area contributed by atoms with Crippen molar-refractivity contribution in [1.29, 1.82) is 5.26 Å². The summed E-state index contributed by atoms with van der Waals surface area (Å²) in [6, 6.07) is 8.28. The number of hydrogen-bond donors (Lipinski definition) is 0. The number of fused-ring (bicyclic) bond motifs is 1. The average molecular weight is 515 g/mol. The first-order valence-corrected chi connectivity index (χ1v) is 12.6. The molecular formula is C27H33F3N6O. The van der Waals surface area contributed by atoms with Gasteiger partial charge in [0.15, 0.2) is 0 Å². The van der Waals surface area contributed by atoms with E-state index in [2.05, 4.69) is 34.8 Å². The molecule has 1 aliphatic heterocycles. The number of nitrogens with zero attached hydrogens (tertiary/aromatic N) is 6. The van der Waals surface area contributed by atoms with Crippen LogP contribution < -0.4 is 10.5 Å². The topological polar surface area (TPSA) is 70.1 Å². The summed E-state index contributed by atoms with van der Waals surface area (Å²) in [5, 5.41) is 13.8. The Morgan fingerprint density at radius 2 is 1.86 bits per heavy atom. The van der Waals surface area contributed by atoms with E-state index in [1.54, 1.807) is 40.7 Å². The van der Waals surface area contributed by atoms with Crippen LogP contribution in [0.1, 0.15) is 56.3 Å². The number of nitriles is 1. The number of piperazine rings is 1. The van der Waals surface area contributed by atoms with Crippen molar-refractivity contribution in [2.75, 3.05) is 18.0 Å². The van der Waals surface area contributed by atoms with E-state index in [0.29, 0.717) is 24.1 Å². The van der Waals surface area contributed by atoms with Gasteiger partial charge in [0.2, 0.25) is 0 Å². The summed E-state index contributed by atoms with van der Waals surface area (Å²) in [4.78, 5) is 17.5. The maximum atomic E-state index is 13.3. The summed E-state index contributed by atoms with van der Waals surface area (Å²) in [7, 11) is 1.70. The number of anilines is 1. The van der Waals surface area contributed by atoms with E-state index in [-0.39, 0.29) is 35.8 Å². The molecule has 2 aromatic heterocycles. The van der Waals surface area contributed by atoms with Crippen LogP contribution in [0, 0.1) is 18.3 Å². The summed E-state index contributed by atoms with van der Waals surface area (Å²) < 4.78 is 43.0.